The zero-order chi connectivity index (χ0) is 20.8. The molecule has 0 aliphatic carbocycles. The first-order valence-corrected chi connectivity index (χ1v) is 10.5. The zero-order valence-corrected chi connectivity index (χ0v) is 17.5. The molecule has 1 unspecified atom stereocenters. The van der Waals surface area contributed by atoms with Crippen LogP contribution in [0.4, 0.5) is 5.69 Å². The number of benzene rings is 3. The van der Waals surface area contributed by atoms with Crippen LogP contribution in [0.15, 0.2) is 60.7 Å². The third-order valence-electron chi connectivity index (χ3n) is 5.30. The summed E-state index contributed by atoms with van der Waals surface area (Å²) in [7, 11) is 0. The molecule has 0 radical (unpaired) electrons. The van der Waals surface area contributed by atoms with Gasteiger partial charge < -0.3 is 10.6 Å². The van der Waals surface area contributed by atoms with Crippen molar-refractivity contribution in [3.05, 3.63) is 93.6 Å². The van der Waals surface area contributed by atoms with Crippen LogP contribution in [0.25, 0.3) is 10.1 Å². The molecule has 2 amide bonds. The van der Waals surface area contributed by atoms with Crippen LogP contribution in [0.1, 0.15) is 43.6 Å². The van der Waals surface area contributed by atoms with Gasteiger partial charge in [-0.05, 0) is 59.9 Å². The van der Waals surface area contributed by atoms with Crippen molar-refractivity contribution in [1.29, 1.82) is 0 Å². The Bertz CT molecular complexity index is 1330. The Hall–Kier alpha value is -3.22. The van der Waals surface area contributed by atoms with Gasteiger partial charge in [0.2, 0.25) is 0 Å². The quantitative estimate of drug-likeness (QED) is 0.458. The molecule has 0 spiro atoms. The van der Waals surface area contributed by atoms with E-state index in [2.05, 4.69) is 15.0 Å². The van der Waals surface area contributed by atoms with E-state index in [1.807, 2.05) is 49.4 Å². The number of amides is 2. The third-order valence-corrected chi connectivity index (χ3v) is 6.36. The standard InChI is InChI=1S/C23H16ClN3O2S/c1-12-11-13(24)9-10-14(12)20-19-16(22(28)26-20)6-4-7-17(19)25-23(29)21-15-5-2-3-8-18(15)30-27-21/h2-11,20H,1H3,(H,25,29)(H,26,28). The lowest BCUT2D eigenvalue weighted by molar-refractivity contribution is 0.0959. The summed E-state index contributed by atoms with van der Waals surface area (Å²) in [5, 5.41) is 7.45. The number of nitrogens with zero attached hydrogens (tertiary/aromatic N) is 1. The van der Waals surface area contributed by atoms with E-state index in [0.29, 0.717) is 22.0 Å². The van der Waals surface area contributed by atoms with Gasteiger partial charge in [-0.2, -0.15) is 4.37 Å². The van der Waals surface area contributed by atoms with E-state index >= 15 is 0 Å². The second-order valence-corrected chi connectivity index (χ2v) is 8.40. The second-order valence-electron chi connectivity index (χ2n) is 7.16. The van der Waals surface area contributed by atoms with Crippen LogP contribution in [-0.2, 0) is 0 Å². The van der Waals surface area contributed by atoms with E-state index in [4.69, 9.17) is 11.6 Å². The Kier molecular flexibility index (Phi) is 4.53. The van der Waals surface area contributed by atoms with Crippen molar-refractivity contribution < 1.29 is 9.59 Å². The van der Waals surface area contributed by atoms with Crippen LogP contribution in [0.5, 0.6) is 0 Å². The van der Waals surface area contributed by atoms with Crippen LogP contribution >= 0.6 is 23.1 Å². The molecule has 0 saturated carbocycles. The topological polar surface area (TPSA) is 71.1 Å². The molecular weight excluding hydrogens is 418 g/mol. The van der Waals surface area contributed by atoms with Gasteiger partial charge in [-0.3, -0.25) is 9.59 Å². The van der Waals surface area contributed by atoms with Gasteiger partial charge in [0.05, 0.1) is 10.7 Å². The molecule has 0 saturated heterocycles. The number of carbonyl (C=O) groups excluding carboxylic acids is 2. The van der Waals surface area contributed by atoms with Gasteiger partial charge in [-0.25, -0.2) is 0 Å². The monoisotopic (exact) mass is 433 g/mol. The molecule has 0 fully saturated rings. The fourth-order valence-electron chi connectivity index (χ4n) is 3.89. The van der Waals surface area contributed by atoms with Crippen molar-refractivity contribution in [2.75, 3.05) is 5.32 Å². The molecule has 1 aliphatic rings. The minimum absolute atomic E-state index is 0.167. The van der Waals surface area contributed by atoms with Crippen LogP contribution in [0.3, 0.4) is 0 Å². The maximum atomic E-state index is 13.0. The zero-order valence-electron chi connectivity index (χ0n) is 15.9. The third kappa shape index (κ3) is 3.05. The van der Waals surface area contributed by atoms with E-state index in [-0.39, 0.29) is 17.9 Å². The number of halogens is 1. The molecule has 1 aliphatic heterocycles. The summed E-state index contributed by atoms with van der Waals surface area (Å²) in [5.74, 6) is -0.466. The lowest BCUT2D eigenvalue weighted by Gasteiger charge is -2.18. The average Bonchev–Trinajstić information content (AvgIpc) is 3.30. The molecule has 30 heavy (non-hydrogen) atoms. The molecule has 1 atom stereocenters. The van der Waals surface area contributed by atoms with Crippen molar-refractivity contribution in [2.45, 2.75) is 13.0 Å². The number of aryl methyl sites for hydroxylation is 1. The largest absolute Gasteiger partial charge is 0.341 e. The maximum Gasteiger partial charge on any atom is 0.276 e. The summed E-state index contributed by atoms with van der Waals surface area (Å²) in [6.07, 6.45) is 0. The normalized spacial score (nSPS) is 15.1. The summed E-state index contributed by atoms with van der Waals surface area (Å²) in [6.45, 7) is 1.95. The SMILES string of the molecule is Cc1cc(Cl)ccc1C1NC(=O)c2cccc(NC(=O)c3nsc4ccccc34)c21. The van der Waals surface area contributed by atoms with E-state index in [1.165, 1.54) is 11.5 Å². The molecule has 4 aromatic rings. The van der Waals surface area contributed by atoms with Crippen LogP contribution < -0.4 is 10.6 Å². The van der Waals surface area contributed by atoms with Crippen LogP contribution in [0.2, 0.25) is 5.02 Å². The van der Waals surface area contributed by atoms with Gasteiger partial charge in [-0.15, -0.1) is 0 Å². The minimum Gasteiger partial charge on any atom is -0.341 e. The van der Waals surface area contributed by atoms with Crippen LogP contribution in [-0.4, -0.2) is 16.2 Å². The fraction of sp³-hybridized carbons (Fsp3) is 0.0870. The summed E-state index contributed by atoms with van der Waals surface area (Å²) < 4.78 is 5.28. The lowest BCUT2D eigenvalue weighted by Crippen LogP contribution is -2.21. The van der Waals surface area contributed by atoms with Gasteiger partial charge in [-0.1, -0.05) is 41.9 Å². The van der Waals surface area contributed by atoms with Gasteiger partial charge in [0, 0.05) is 27.2 Å². The molecule has 148 valence electrons. The highest BCUT2D eigenvalue weighted by Crippen LogP contribution is 2.38. The van der Waals surface area contributed by atoms with Crippen LogP contribution in [0, 0.1) is 6.92 Å². The van der Waals surface area contributed by atoms with Crippen molar-refractivity contribution in [3.63, 3.8) is 0 Å². The number of rotatable bonds is 3. The van der Waals surface area contributed by atoms with Gasteiger partial charge >= 0.3 is 0 Å². The molecule has 5 rings (SSSR count). The number of hydrogen-bond acceptors (Lipinski definition) is 4. The van der Waals surface area contributed by atoms with Gasteiger partial charge in [0.1, 0.15) is 5.69 Å². The molecule has 5 nitrogen and oxygen atoms in total. The molecule has 2 heterocycles. The molecule has 7 heteroatoms. The predicted octanol–water partition coefficient (Wildman–Crippen LogP) is 5.34. The van der Waals surface area contributed by atoms with Gasteiger partial charge in [0.25, 0.3) is 11.8 Å². The fourth-order valence-corrected chi connectivity index (χ4v) is 4.89. The molecule has 0 bridgehead atoms. The Balaban J connectivity index is 1.56. The summed E-state index contributed by atoms with van der Waals surface area (Å²) >= 11 is 7.40. The summed E-state index contributed by atoms with van der Waals surface area (Å²) in [6, 6.07) is 18.2. The highest BCUT2D eigenvalue weighted by atomic mass is 35.5. The second kappa shape index (κ2) is 7.23. The molecular formula is C23H16ClN3O2S. The van der Waals surface area contributed by atoms with E-state index < -0.39 is 0 Å². The number of hydrogen-bond donors (Lipinski definition) is 2. The molecule has 1 aromatic heterocycles. The van der Waals surface area contributed by atoms with E-state index in [9.17, 15) is 9.59 Å². The van der Waals surface area contributed by atoms with Crippen molar-refractivity contribution in [2.24, 2.45) is 0 Å². The number of nitrogens with one attached hydrogen (secondary N) is 2. The average molecular weight is 434 g/mol. The van der Waals surface area contributed by atoms with Gasteiger partial charge in [0.15, 0.2) is 0 Å². The Morgan fingerprint density at radius 3 is 2.80 bits per heavy atom. The van der Waals surface area contributed by atoms with Crippen molar-refractivity contribution >= 4 is 50.7 Å². The lowest BCUT2D eigenvalue weighted by atomic mass is 9.93. The van der Waals surface area contributed by atoms with E-state index in [1.54, 1.807) is 18.2 Å². The predicted molar refractivity (Wildman–Crippen MR) is 120 cm³/mol. The summed E-state index contributed by atoms with van der Waals surface area (Å²) in [5.41, 5.74) is 4.17. The first-order chi connectivity index (χ1) is 14.5. The maximum absolute atomic E-state index is 13.0. The Labute approximate surface area is 181 Å². The van der Waals surface area contributed by atoms with Crippen molar-refractivity contribution in [1.82, 2.24) is 9.69 Å². The summed E-state index contributed by atoms with van der Waals surface area (Å²) in [4.78, 5) is 25.6. The highest BCUT2D eigenvalue weighted by Gasteiger charge is 2.33. The molecule has 3 aromatic carbocycles. The number of carbonyl (C=O) groups is 2. The number of fused-ring (bicyclic) bond motifs is 2. The number of anilines is 1. The first-order valence-electron chi connectivity index (χ1n) is 9.38. The molecule has 2 N–H and O–H groups in total. The Morgan fingerprint density at radius 2 is 1.97 bits per heavy atom. The highest BCUT2D eigenvalue weighted by molar-refractivity contribution is 7.13. The van der Waals surface area contributed by atoms with E-state index in [0.717, 1.165) is 26.8 Å². The number of aromatic nitrogens is 1. The minimum atomic E-state index is -0.367. The Morgan fingerprint density at radius 1 is 1.13 bits per heavy atom. The smallest absolute Gasteiger partial charge is 0.276 e. The van der Waals surface area contributed by atoms with Crippen molar-refractivity contribution in [3.8, 4) is 0 Å². The first kappa shape index (κ1) is 18.8.